The quantitative estimate of drug-likeness (QED) is 0.225. The average molecular weight is 537 g/mol. The number of aromatic nitrogens is 3. The molecule has 0 spiro atoms. The highest BCUT2D eigenvalue weighted by molar-refractivity contribution is 5.69. The number of esters is 1. The van der Waals surface area contributed by atoms with Gasteiger partial charge in [0, 0.05) is 26.1 Å². The number of likely N-dealkylation sites (tertiary alicyclic amines) is 1. The third-order valence-electron chi connectivity index (χ3n) is 7.56. The van der Waals surface area contributed by atoms with Crippen LogP contribution in [-0.2, 0) is 21.6 Å². The van der Waals surface area contributed by atoms with Crippen molar-refractivity contribution in [3.05, 3.63) is 125 Å². The summed E-state index contributed by atoms with van der Waals surface area (Å²) in [7, 11) is 0. The van der Waals surface area contributed by atoms with E-state index in [9.17, 15) is 9.90 Å². The zero-order chi connectivity index (χ0) is 27.8. The van der Waals surface area contributed by atoms with Crippen LogP contribution in [0, 0.1) is 0 Å². The van der Waals surface area contributed by atoms with E-state index in [1.54, 1.807) is 17.8 Å². The van der Waals surface area contributed by atoms with Gasteiger partial charge >= 0.3 is 5.97 Å². The molecule has 0 bridgehead atoms. The molecule has 1 aliphatic heterocycles. The third kappa shape index (κ3) is 5.76. The number of aryl methyl sites for hydroxylation is 1. The Kier molecular flexibility index (Phi) is 8.84. The molecule has 3 aromatic carbocycles. The summed E-state index contributed by atoms with van der Waals surface area (Å²) in [6.45, 7) is 4.01. The van der Waals surface area contributed by atoms with Crippen LogP contribution in [0.2, 0.25) is 0 Å². The number of benzene rings is 3. The van der Waals surface area contributed by atoms with E-state index in [-0.39, 0.29) is 5.97 Å². The van der Waals surface area contributed by atoms with Crippen molar-refractivity contribution in [1.29, 1.82) is 0 Å². The highest BCUT2D eigenvalue weighted by Crippen LogP contribution is 2.44. The van der Waals surface area contributed by atoms with Crippen molar-refractivity contribution in [2.75, 3.05) is 19.7 Å². The number of aliphatic hydroxyl groups excluding tert-OH is 1. The number of nitrogens with zero attached hydrogens (tertiary/aromatic N) is 4. The van der Waals surface area contributed by atoms with E-state index < -0.39 is 11.6 Å². The van der Waals surface area contributed by atoms with Gasteiger partial charge in [-0.1, -0.05) is 96.2 Å². The second kappa shape index (κ2) is 12.9. The molecule has 206 valence electrons. The fraction of sp³-hybridized carbons (Fsp3) is 0.303. The topological polar surface area (TPSA) is 80.5 Å². The molecule has 0 radical (unpaired) electrons. The van der Waals surface area contributed by atoms with Crippen LogP contribution in [0.1, 0.15) is 48.6 Å². The SMILES string of the molecule is CCOC(=O)CCCn1nncc1/C=C1/CN(C(c2ccccc2)(c2ccccc2)c2ccccc2)CCC1O. The van der Waals surface area contributed by atoms with E-state index in [1.807, 2.05) is 24.3 Å². The summed E-state index contributed by atoms with van der Waals surface area (Å²) in [5.41, 5.74) is 4.69. The summed E-state index contributed by atoms with van der Waals surface area (Å²) < 4.78 is 6.83. The van der Waals surface area contributed by atoms with Crippen molar-refractivity contribution in [2.24, 2.45) is 0 Å². The van der Waals surface area contributed by atoms with E-state index >= 15 is 0 Å². The zero-order valence-electron chi connectivity index (χ0n) is 22.9. The summed E-state index contributed by atoms with van der Waals surface area (Å²) >= 11 is 0. The van der Waals surface area contributed by atoms with Gasteiger partial charge in [-0.2, -0.15) is 0 Å². The van der Waals surface area contributed by atoms with Crippen LogP contribution >= 0.6 is 0 Å². The third-order valence-corrected chi connectivity index (χ3v) is 7.56. The normalized spacial score (nSPS) is 17.1. The first-order valence-electron chi connectivity index (χ1n) is 14.0. The van der Waals surface area contributed by atoms with Gasteiger partial charge in [0.2, 0.25) is 0 Å². The van der Waals surface area contributed by atoms with Crippen LogP contribution in [0.4, 0.5) is 0 Å². The molecule has 5 rings (SSSR count). The number of carbonyl (C=O) groups is 1. The lowest BCUT2D eigenvalue weighted by atomic mass is 9.74. The molecule has 4 aromatic rings. The van der Waals surface area contributed by atoms with E-state index in [2.05, 4.69) is 88.0 Å². The largest absolute Gasteiger partial charge is 0.466 e. The highest BCUT2D eigenvalue weighted by atomic mass is 16.5. The molecule has 0 aliphatic carbocycles. The van der Waals surface area contributed by atoms with Gasteiger partial charge in [-0.05, 0) is 48.1 Å². The first-order valence-corrected chi connectivity index (χ1v) is 14.0. The van der Waals surface area contributed by atoms with E-state index in [0.29, 0.717) is 45.5 Å². The lowest BCUT2D eigenvalue weighted by molar-refractivity contribution is -0.143. The van der Waals surface area contributed by atoms with E-state index in [0.717, 1.165) is 11.3 Å². The minimum Gasteiger partial charge on any atom is -0.466 e. The molecule has 1 atom stereocenters. The summed E-state index contributed by atoms with van der Waals surface area (Å²) in [6, 6.07) is 31.8. The number of rotatable bonds is 10. The predicted octanol–water partition coefficient (Wildman–Crippen LogP) is 5.06. The lowest BCUT2D eigenvalue weighted by Gasteiger charge is -2.48. The van der Waals surface area contributed by atoms with Gasteiger partial charge in [-0.15, -0.1) is 5.10 Å². The van der Waals surface area contributed by atoms with Crippen LogP contribution in [0.3, 0.4) is 0 Å². The van der Waals surface area contributed by atoms with Crippen molar-refractivity contribution < 1.29 is 14.6 Å². The lowest BCUT2D eigenvalue weighted by Crippen LogP contribution is -2.52. The molecule has 1 aromatic heterocycles. The fourth-order valence-electron chi connectivity index (χ4n) is 5.73. The van der Waals surface area contributed by atoms with Gasteiger partial charge < -0.3 is 9.84 Å². The number of aliphatic hydroxyl groups is 1. The summed E-state index contributed by atoms with van der Waals surface area (Å²) in [5.74, 6) is -0.208. The van der Waals surface area contributed by atoms with Gasteiger partial charge in [0.1, 0.15) is 0 Å². The number of piperidine rings is 1. The molecule has 0 amide bonds. The minimum atomic E-state index is -0.570. The second-order valence-electron chi connectivity index (χ2n) is 10.0. The molecule has 1 unspecified atom stereocenters. The number of hydrogen-bond acceptors (Lipinski definition) is 6. The highest BCUT2D eigenvalue weighted by Gasteiger charge is 2.44. The van der Waals surface area contributed by atoms with Crippen LogP contribution in [-0.4, -0.2) is 56.8 Å². The Morgan fingerprint density at radius 2 is 1.55 bits per heavy atom. The van der Waals surface area contributed by atoms with Crippen LogP contribution < -0.4 is 0 Å². The van der Waals surface area contributed by atoms with Gasteiger partial charge in [0.05, 0.1) is 30.1 Å². The van der Waals surface area contributed by atoms with Gasteiger partial charge in [0.25, 0.3) is 0 Å². The monoisotopic (exact) mass is 536 g/mol. The van der Waals surface area contributed by atoms with Gasteiger partial charge in [0.15, 0.2) is 0 Å². The molecular formula is C33H36N4O3. The Labute approximate surface area is 235 Å². The predicted molar refractivity (Wildman–Crippen MR) is 155 cm³/mol. The van der Waals surface area contributed by atoms with Gasteiger partial charge in [-0.3, -0.25) is 9.69 Å². The second-order valence-corrected chi connectivity index (χ2v) is 10.0. The molecule has 1 aliphatic rings. The molecule has 0 saturated carbocycles. The molecule has 1 N–H and O–H groups in total. The molecule has 7 heteroatoms. The summed E-state index contributed by atoms with van der Waals surface area (Å²) in [6.07, 6.45) is 4.68. The van der Waals surface area contributed by atoms with Crippen LogP contribution in [0.5, 0.6) is 0 Å². The van der Waals surface area contributed by atoms with Crippen molar-refractivity contribution in [2.45, 2.75) is 44.4 Å². The molecule has 2 heterocycles. The minimum absolute atomic E-state index is 0.208. The Hall–Kier alpha value is -4.07. The zero-order valence-corrected chi connectivity index (χ0v) is 22.9. The Morgan fingerprint density at radius 3 is 2.10 bits per heavy atom. The van der Waals surface area contributed by atoms with E-state index in [4.69, 9.17) is 4.74 Å². The Bertz CT molecular complexity index is 1310. The van der Waals surface area contributed by atoms with Crippen molar-refractivity contribution in [3.63, 3.8) is 0 Å². The standard InChI is InChI=1S/C33H36N4O3/c1-2-40-32(39)19-12-21-37-30(24-34-35-37)23-26-25-36(22-20-31(26)38)33(27-13-6-3-7-14-27,28-15-8-4-9-16-28)29-17-10-5-11-18-29/h3-11,13-18,23-24,31,38H,2,12,19-22,25H2,1H3/b26-23-. The first-order chi connectivity index (χ1) is 19.6. The summed E-state index contributed by atoms with van der Waals surface area (Å²) in [4.78, 5) is 14.3. The maximum Gasteiger partial charge on any atom is 0.305 e. The number of ether oxygens (including phenoxy) is 1. The van der Waals surface area contributed by atoms with Gasteiger partial charge in [-0.25, -0.2) is 4.68 Å². The molecular weight excluding hydrogens is 500 g/mol. The Balaban J connectivity index is 1.52. The fourth-order valence-corrected chi connectivity index (χ4v) is 5.73. The maximum atomic E-state index is 11.8. The van der Waals surface area contributed by atoms with Crippen LogP contribution in [0.25, 0.3) is 6.08 Å². The van der Waals surface area contributed by atoms with Crippen molar-refractivity contribution >= 4 is 12.0 Å². The van der Waals surface area contributed by atoms with E-state index in [1.165, 1.54) is 16.7 Å². The molecule has 40 heavy (non-hydrogen) atoms. The number of carbonyl (C=O) groups excluding carboxylic acids is 1. The van der Waals surface area contributed by atoms with Crippen LogP contribution in [0.15, 0.2) is 103 Å². The number of hydrogen-bond donors (Lipinski definition) is 1. The maximum absolute atomic E-state index is 11.8. The Morgan fingerprint density at radius 1 is 0.975 bits per heavy atom. The smallest absolute Gasteiger partial charge is 0.305 e. The van der Waals surface area contributed by atoms with Crippen molar-refractivity contribution in [3.8, 4) is 0 Å². The van der Waals surface area contributed by atoms with Crippen molar-refractivity contribution in [1.82, 2.24) is 19.9 Å². The molecule has 1 saturated heterocycles. The molecule has 1 fully saturated rings. The molecule has 7 nitrogen and oxygen atoms in total. The summed E-state index contributed by atoms with van der Waals surface area (Å²) in [5, 5.41) is 19.5. The average Bonchev–Trinajstić information content (AvgIpc) is 3.43. The first kappa shape index (κ1) is 27.5.